The number of aromatic nitrogens is 2. The second-order valence-electron chi connectivity index (χ2n) is 6.80. The van der Waals surface area contributed by atoms with Gasteiger partial charge in [-0.1, -0.05) is 48.5 Å². The first kappa shape index (κ1) is 15.4. The van der Waals surface area contributed by atoms with Crippen LogP contribution in [-0.4, -0.2) is 39.0 Å². The standard InChI is InChI=1S/C20H23N3O/c1-22-19-10-6-5-9-17(19)18(21-22)13-23-12-16(20(24)14-23)11-15-7-3-2-4-8-15/h2-10,16,20,24H,11-14H2,1H3/t16-,20-/m1/s1. The van der Waals surface area contributed by atoms with Crippen molar-refractivity contribution in [1.82, 2.24) is 14.7 Å². The van der Waals surface area contributed by atoms with Gasteiger partial charge in [0, 0.05) is 38.0 Å². The van der Waals surface area contributed by atoms with Crippen molar-refractivity contribution in [3.8, 4) is 0 Å². The Balaban J connectivity index is 1.48. The van der Waals surface area contributed by atoms with Crippen LogP contribution in [0.1, 0.15) is 11.3 Å². The van der Waals surface area contributed by atoms with E-state index >= 15 is 0 Å². The number of likely N-dealkylation sites (tertiary alicyclic amines) is 1. The molecule has 4 rings (SSSR count). The molecule has 0 saturated carbocycles. The molecule has 1 aliphatic rings. The lowest BCUT2D eigenvalue weighted by molar-refractivity contribution is 0.141. The third kappa shape index (κ3) is 2.95. The van der Waals surface area contributed by atoms with Crippen LogP contribution in [0.5, 0.6) is 0 Å². The van der Waals surface area contributed by atoms with E-state index in [2.05, 4.69) is 52.5 Å². The molecule has 0 unspecified atom stereocenters. The number of para-hydroxylation sites is 1. The number of nitrogens with zero attached hydrogens (tertiary/aromatic N) is 3. The smallest absolute Gasteiger partial charge is 0.0843 e. The summed E-state index contributed by atoms with van der Waals surface area (Å²) in [5.41, 5.74) is 3.56. The molecular formula is C20H23N3O. The Bertz CT molecular complexity index is 827. The number of benzene rings is 2. The van der Waals surface area contributed by atoms with Crippen molar-refractivity contribution < 1.29 is 5.11 Å². The van der Waals surface area contributed by atoms with Gasteiger partial charge in [-0.2, -0.15) is 5.10 Å². The topological polar surface area (TPSA) is 41.3 Å². The summed E-state index contributed by atoms with van der Waals surface area (Å²) in [6, 6.07) is 18.8. The van der Waals surface area contributed by atoms with E-state index in [-0.39, 0.29) is 6.10 Å². The van der Waals surface area contributed by atoms with Gasteiger partial charge in [-0.05, 0) is 18.1 Å². The van der Waals surface area contributed by atoms with Crippen LogP contribution in [0.3, 0.4) is 0 Å². The van der Waals surface area contributed by atoms with Crippen LogP contribution >= 0.6 is 0 Å². The second-order valence-corrected chi connectivity index (χ2v) is 6.80. The van der Waals surface area contributed by atoms with Crippen molar-refractivity contribution in [2.24, 2.45) is 13.0 Å². The molecule has 124 valence electrons. The molecule has 1 saturated heterocycles. The molecule has 1 aliphatic heterocycles. The van der Waals surface area contributed by atoms with Gasteiger partial charge in [-0.3, -0.25) is 9.58 Å². The maximum Gasteiger partial charge on any atom is 0.0843 e. The van der Waals surface area contributed by atoms with Crippen LogP contribution in [0.2, 0.25) is 0 Å². The van der Waals surface area contributed by atoms with Gasteiger partial charge in [-0.15, -0.1) is 0 Å². The molecule has 2 aromatic carbocycles. The molecule has 0 bridgehead atoms. The van der Waals surface area contributed by atoms with E-state index in [0.29, 0.717) is 5.92 Å². The van der Waals surface area contributed by atoms with Crippen LogP contribution < -0.4 is 0 Å². The Morgan fingerprint density at radius 3 is 2.62 bits per heavy atom. The zero-order valence-electron chi connectivity index (χ0n) is 14.0. The number of rotatable bonds is 4. The zero-order valence-corrected chi connectivity index (χ0v) is 14.0. The van der Waals surface area contributed by atoms with Gasteiger partial charge >= 0.3 is 0 Å². The predicted octanol–water partition coefficient (Wildman–Crippen LogP) is 2.61. The number of aryl methyl sites for hydroxylation is 1. The van der Waals surface area contributed by atoms with Gasteiger partial charge in [0.2, 0.25) is 0 Å². The highest BCUT2D eigenvalue weighted by atomic mass is 16.3. The fourth-order valence-corrected chi connectivity index (χ4v) is 3.81. The normalized spacial score (nSPS) is 21.6. The summed E-state index contributed by atoms with van der Waals surface area (Å²) in [5, 5.41) is 16.3. The summed E-state index contributed by atoms with van der Waals surface area (Å²) in [7, 11) is 1.99. The molecule has 0 amide bonds. The highest BCUT2D eigenvalue weighted by molar-refractivity contribution is 5.81. The van der Waals surface area contributed by atoms with Gasteiger partial charge in [0.05, 0.1) is 17.3 Å². The molecule has 0 aliphatic carbocycles. The highest BCUT2D eigenvalue weighted by Gasteiger charge is 2.31. The van der Waals surface area contributed by atoms with Crippen LogP contribution in [0.25, 0.3) is 10.9 Å². The van der Waals surface area contributed by atoms with Crippen molar-refractivity contribution in [3.63, 3.8) is 0 Å². The number of aliphatic hydroxyl groups excluding tert-OH is 1. The molecule has 2 heterocycles. The average Bonchev–Trinajstić information content (AvgIpc) is 3.10. The van der Waals surface area contributed by atoms with Crippen molar-refractivity contribution in [3.05, 3.63) is 65.9 Å². The van der Waals surface area contributed by atoms with Gasteiger partial charge in [-0.25, -0.2) is 0 Å². The molecule has 1 fully saturated rings. The van der Waals surface area contributed by atoms with Crippen LogP contribution in [0, 0.1) is 5.92 Å². The van der Waals surface area contributed by atoms with Crippen molar-refractivity contribution in [2.45, 2.75) is 19.1 Å². The quantitative estimate of drug-likeness (QED) is 0.803. The minimum atomic E-state index is -0.264. The average molecular weight is 321 g/mol. The summed E-state index contributed by atoms with van der Waals surface area (Å²) in [6.07, 6.45) is 0.668. The fraction of sp³-hybridized carbons (Fsp3) is 0.350. The first-order valence-corrected chi connectivity index (χ1v) is 8.55. The number of aliphatic hydroxyl groups is 1. The monoisotopic (exact) mass is 321 g/mol. The Labute approximate surface area is 142 Å². The predicted molar refractivity (Wildman–Crippen MR) is 95.6 cm³/mol. The number of hydrogen-bond acceptors (Lipinski definition) is 3. The van der Waals surface area contributed by atoms with E-state index in [9.17, 15) is 5.11 Å². The van der Waals surface area contributed by atoms with Crippen molar-refractivity contribution in [2.75, 3.05) is 13.1 Å². The maximum atomic E-state index is 10.4. The zero-order chi connectivity index (χ0) is 16.5. The number of β-amino-alcohol motifs (C(OH)–C–C–N with tert-alkyl or cyclic N) is 1. The highest BCUT2D eigenvalue weighted by Crippen LogP contribution is 2.25. The Morgan fingerprint density at radius 2 is 1.79 bits per heavy atom. The molecule has 4 heteroatoms. The summed E-state index contributed by atoms with van der Waals surface area (Å²) in [5.74, 6) is 0.294. The van der Waals surface area contributed by atoms with Crippen molar-refractivity contribution in [1.29, 1.82) is 0 Å². The van der Waals surface area contributed by atoms with Crippen molar-refractivity contribution >= 4 is 10.9 Å². The summed E-state index contributed by atoms with van der Waals surface area (Å²) >= 11 is 0. The minimum absolute atomic E-state index is 0.264. The second kappa shape index (κ2) is 6.38. The molecule has 1 aromatic heterocycles. The first-order valence-electron chi connectivity index (χ1n) is 8.55. The maximum absolute atomic E-state index is 10.4. The Morgan fingerprint density at radius 1 is 1.04 bits per heavy atom. The summed E-state index contributed by atoms with van der Waals surface area (Å²) in [4.78, 5) is 2.33. The summed E-state index contributed by atoms with van der Waals surface area (Å²) in [6.45, 7) is 2.44. The van der Waals surface area contributed by atoms with E-state index in [1.54, 1.807) is 0 Å². The minimum Gasteiger partial charge on any atom is -0.391 e. The van der Waals surface area contributed by atoms with Crippen LogP contribution in [0.4, 0.5) is 0 Å². The molecule has 1 N–H and O–H groups in total. The van der Waals surface area contributed by atoms with E-state index in [1.807, 2.05) is 23.9 Å². The lowest BCUT2D eigenvalue weighted by Crippen LogP contribution is -2.21. The lowest BCUT2D eigenvalue weighted by atomic mass is 9.97. The molecule has 0 radical (unpaired) electrons. The van der Waals surface area contributed by atoms with Gasteiger partial charge in [0.25, 0.3) is 0 Å². The van der Waals surface area contributed by atoms with E-state index in [1.165, 1.54) is 10.9 Å². The molecular weight excluding hydrogens is 298 g/mol. The lowest BCUT2D eigenvalue weighted by Gasteiger charge is -2.14. The van der Waals surface area contributed by atoms with E-state index in [4.69, 9.17) is 0 Å². The summed E-state index contributed by atoms with van der Waals surface area (Å²) < 4.78 is 1.94. The number of fused-ring (bicyclic) bond motifs is 1. The molecule has 3 aromatic rings. The fourth-order valence-electron chi connectivity index (χ4n) is 3.81. The van der Waals surface area contributed by atoms with Gasteiger partial charge < -0.3 is 5.11 Å². The molecule has 2 atom stereocenters. The molecule has 0 spiro atoms. The number of hydrogen-bond donors (Lipinski definition) is 1. The third-order valence-electron chi connectivity index (χ3n) is 5.03. The third-order valence-corrected chi connectivity index (χ3v) is 5.03. The first-order chi connectivity index (χ1) is 11.7. The Hall–Kier alpha value is -2.17. The largest absolute Gasteiger partial charge is 0.391 e. The van der Waals surface area contributed by atoms with Gasteiger partial charge in [0.15, 0.2) is 0 Å². The van der Waals surface area contributed by atoms with Crippen LogP contribution in [0.15, 0.2) is 54.6 Å². The molecule has 24 heavy (non-hydrogen) atoms. The SMILES string of the molecule is Cn1nc(CN2C[C@@H](Cc3ccccc3)[C@H](O)C2)c2ccccc21. The van der Waals surface area contributed by atoms with Gasteiger partial charge in [0.1, 0.15) is 0 Å². The Kier molecular flexibility index (Phi) is 4.08. The van der Waals surface area contributed by atoms with Crippen LogP contribution in [-0.2, 0) is 20.0 Å². The van der Waals surface area contributed by atoms with E-state index in [0.717, 1.165) is 37.3 Å². The van der Waals surface area contributed by atoms with E-state index < -0.39 is 0 Å². The molecule has 4 nitrogen and oxygen atoms in total.